The fourth-order valence-corrected chi connectivity index (χ4v) is 2.46. The van der Waals surface area contributed by atoms with Gasteiger partial charge in [0.1, 0.15) is 11.0 Å². The fraction of sp³-hybridized carbons (Fsp3) is 0.222. The van der Waals surface area contributed by atoms with Gasteiger partial charge in [0.15, 0.2) is 0 Å². The number of nitrogens with two attached hydrogens (primary N) is 1. The van der Waals surface area contributed by atoms with Crippen molar-refractivity contribution in [1.82, 2.24) is 0 Å². The molecule has 0 spiro atoms. The summed E-state index contributed by atoms with van der Waals surface area (Å²) in [5.74, 6) is 0. The van der Waals surface area contributed by atoms with Crippen LogP contribution in [0.4, 0.5) is 13.2 Å². The maximum Gasteiger partial charge on any atom is 0.416 e. The third kappa shape index (κ3) is 2.75. The van der Waals surface area contributed by atoms with Crippen molar-refractivity contribution in [3.8, 4) is 6.07 Å². The van der Waals surface area contributed by atoms with Crippen LogP contribution in [0, 0.1) is 11.3 Å². The number of alkyl halides is 3. The van der Waals surface area contributed by atoms with Crippen LogP contribution in [0.15, 0.2) is 17.0 Å². The van der Waals surface area contributed by atoms with Crippen LogP contribution in [0.1, 0.15) is 16.7 Å². The van der Waals surface area contributed by atoms with Crippen molar-refractivity contribution in [2.45, 2.75) is 17.6 Å². The highest BCUT2D eigenvalue weighted by molar-refractivity contribution is 8.13. The van der Waals surface area contributed by atoms with E-state index in [-0.39, 0.29) is 0 Å². The monoisotopic (exact) mass is 298 g/mol. The molecule has 0 aliphatic rings. The quantitative estimate of drug-likeness (QED) is 0.846. The molecule has 1 rings (SSSR count). The maximum atomic E-state index is 12.6. The Labute approximate surface area is 105 Å². The van der Waals surface area contributed by atoms with Crippen molar-refractivity contribution < 1.29 is 21.6 Å². The van der Waals surface area contributed by atoms with Crippen molar-refractivity contribution in [3.05, 3.63) is 28.8 Å². The number of nitriles is 1. The molecule has 0 heterocycles. The lowest BCUT2D eigenvalue weighted by atomic mass is 10.0. The molecule has 1 aromatic rings. The average Bonchev–Trinajstić information content (AvgIpc) is 2.24. The fourth-order valence-electron chi connectivity index (χ4n) is 1.43. The summed E-state index contributed by atoms with van der Waals surface area (Å²) in [7, 11) is 0.723. The summed E-state index contributed by atoms with van der Waals surface area (Å²) in [6.07, 6.45) is -4.73. The molecule has 0 saturated heterocycles. The zero-order valence-corrected chi connectivity index (χ0v) is 10.2. The molecule has 0 fully saturated rings. The first-order valence-corrected chi connectivity index (χ1v) is 6.71. The molecule has 0 unspecified atom stereocenters. The summed E-state index contributed by atoms with van der Waals surface area (Å²) in [5.41, 5.74) is 2.73. The van der Waals surface area contributed by atoms with E-state index < -0.39 is 43.4 Å². The molecule has 98 valence electrons. The van der Waals surface area contributed by atoms with Gasteiger partial charge in [-0.15, -0.1) is 0 Å². The van der Waals surface area contributed by atoms with Crippen LogP contribution in [0.3, 0.4) is 0 Å². The van der Waals surface area contributed by atoms with Gasteiger partial charge in [-0.25, -0.2) is 8.42 Å². The zero-order valence-electron chi connectivity index (χ0n) is 8.62. The van der Waals surface area contributed by atoms with E-state index in [1.807, 2.05) is 0 Å². The lowest BCUT2D eigenvalue weighted by Crippen LogP contribution is -2.15. The molecule has 0 aliphatic carbocycles. The minimum atomic E-state index is -4.73. The summed E-state index contributed by atoms with van der Waals surface area (Å²) in [5, 5.41) is 8.79. The van der Waals surface area contributed by atoms with Gasteiger partial charge in [-0.05, 0) is 17.7 Å². The van der Waals surface area contributed by atoms with Crippen LogP contribution < -0.4 is 5.73 Å². The van der Waals surface area contributed by atoms with Gasteiger partial charge in [-0.2, -0.15) is 18.4 Å². The number of rotatable bonds is 2. The average molecular weight is 299 g/mol. The lowest BCUT2D eigenvalue weighted by Gasteiger charge is -2.14. The molecular weight excluding hydrogens is 293 g/mol. The van der Waals surface area contributed by atoms with E-state index in [1.165, 1.54) is 6.07 Å². The predicted octanol–water partition coefficient (Wildman–Crippen LogP) is 1.96. The molecule has 2 N–H and O–H groups in total. The van der Waals surface area contributed by atoms with E-state index in [4.69, 9.17) is 21.7 Å². The third-order valence-electron chi connectivity index (χ3n) is 2.16. The van der Waals surface area contributed by atoms with E-state index in [1.54, 1.807) is 0 Å². The smallest absolute Gasteiger partial charge is 0.326 e. The highest BCUT2D eigenvalue weighted by atomic mass is 35.7. The standard InChI is InChI=1S/C9H6ClF3N2O2S/c10-18(16,17)8-2-1-7(9(11,12)13)5(3-14)6(8)4-15/h1-2H,3,14H2. The Morgan fingerprint density at radius 2 is 1.94 bits per heavy atom. The molecule has 0 aromatic heterocycles. The van der Waals surface area contributed by atoms with E-state index >= 15 is 0 Å². The van der Waals surface area contributed by atoms with Gasteiger partial charge in [-0.1, -0.05) is 0 Å². The van der Waals surface area contributed by atoms with Gasteiger partial charge >= 0.3 is 6.18 Å². The molecule has 0 atom stereocenters. The second kappa shape index (κ2) is 4.76. The van der Waals surface area contributed by atoms with Gasteiger partial charge < -0.3 is 5.73 Å². The van der Waals surface area contributed by atoms with E-state index in [2.05, 4.69) is 0 Å². The number of halogens is 4. The molecule has 1 aromatic carbocycles. The van der Waals surface area contributed by atoms with Gasteiger partial charge in [0.2, 0.25) is 0 Å². The van der Waals surface area contributed by atoms with E-state index in [0.717, 1.165) is 0 Å². The summed E-state index contributed by atoms with van der Waals surface area (Å²) < 4.78 is 60.2. The van der Waals surface area contributed by atoms with Crippen LogP contribution in [0.2, 0.25) is 0 Å². The predicted molar refractivity (Wildman–Crippen MR) is 57.1 cm³/mol. The Morgan fingerprint density at radius 1 is 1.39 bits per heavy atom. The van der Waals surface area contributed by atoms with Crippen molar-refractivity contribution in [2.24, 2.45) is 5.73 Å². The first kappa shape index (κ1) is 14.8. The topological polar surface area (TPSA) is 84.0 Å². The zero-order chi connectivity index (χ0) is 14.1. The molecule has 0 amide bonds. The maximum absolute atomic E-state index is 12.6. The van der Waals surface area contributed by atoms with Crippen LogP contribution in [-0.2, 0) is 21.8 Å². The second-order valence-electron chi connectivity index (χ2n) is 3.22. The Kier molecular flexibility index (Phi) is 3.90. The molecule has 0 saturated carbocycles. The van der Waals surface area contributed by atoms with E-state index in [9.17, 15) is 21.6 Å². The Hall–Kier alpha value is -1.30. The van der Waals surface area contributed by atoms with Crippen LogP contribution in [0.25, 0.3) is 0 Å². The molecule has 0 aliphatic heterocycles. The highest BCUT2D eigenvalue weighted by Crippen LogP contribution is 2.35. The second-order valence-corrected chi connectivity index (χ2v) is 5.75. The molecule has 18 heavy (non-hydrogen) atoms. The number of nitrogens with zero attached hydrogens (tertiary/aromatic N) is 1. The first-order chi connectivity index (χ1) is 8.12. The van der Waals surface area contributed by atoms with Crippen molar-refractivity contribution in [3.63, 3.8) is 0 Å². The molecule has 9 heteroatoms. The minimum Gasteiger partial charge on any atom is -0.326 e. The molecular formula is C9H6ClF3N2O2S. The number of benzene rings is 1. The Morgan fingerprint density at radius 3 is 2.28 bits per heavy atom. The molecule has 4 nitrogen and oxygen atoms in total. The van der Waals surface area contributed by atoms with Gasteiger partial charge in [0.05, 0.1) is 11.1 Å². The SMILES string of the molecule is N#Cc1c(S(=O)(=O)Cl)ccc(C(F)(F)F)c1CN. The largest absolute Gasteiger partial charge is 0.416 e. The van der Waals surface area contributed by atoms with E-state index in [0.29, 0.717) is 12.1 Å². The normalized spacial score (nSPS) is 12.2. The number of hydrogen-bond donors (Lipinski definition) is 1. The summed E-state index contributed by atoms with van der Waals surface area (Å²) in [6.45, 7) is -0.627. The summed E-state index contributed by atoms with van der Waals surface area (Å²) in [4.78, 5) is -0.680. The number of hydrogen-bond acceptors (Lipinski definition) is 4. The molecule has 0 radical (unpaired) electrons. The third-order valence-corrected chi connectivity index (χ3v) is 3.52. The van der Waals surface area contributed by atoms with Gasteiger partial charge in [0, 0.05) is 17.2 Å². The van der Waals surface area contributed by atoms with Crippen LogP contribution in [0.5, 0.6) is 0 Å². The van der Waals surface area contributed by atoms with Crippen LogP contribution in [-0.4, -0.2) is 8.42 Å². The van der Waals surface area contributed by atoms with Crippen LogP contribution >= 0.6 is 10.7 Å². The van der Waals surface area contributed by atoms with Crippen molar-refractivity contribution in [1.29, 1.82) is 5.26 Å². The van der Waals surface area contributed by atoms with Gasteiger partial charge in [-0.3, -0.25) is 0 Å². The first-order valence-electron chi connectivity index (χ1n) is 4.40. The molecule has 0 bridgehead atoms. The Bertz CT molecular complexity index is 620. The van der Waals surface area contributed by atoms with Crippen molar-refractivity contribution in [2.75, 3.05) is 0 Å². The van der Waals surface area contributed by atoms with Gasteiger partial charge in [0.25, 0.3) is 9.05 Å². The Balaban J connectivity index is 3.75. The summed E-state index contributed by atoms with van der Waals surface area (Å²) >= 11 is 0. The van der Waals surface area contributed by atoms with Crippen molar-refractivity contribution >= 4 is 19.7 Å². The lowest BCUT2D eigenvalue weighted by molar-refractivity contribution is -0.138. The minimum absolute atomic E-state index is 0.540. The summed E-state index contributed by atoms with van der Waals surface area (Å²) in [6, 6.07) is 2.57. The highest BCUT2D eigenvalue weighted by Gasteiger charge is 2.35.